The van der Waals surface area contributed by atoms with E-state index in [0.29, 0.717) is 23.0 Å². The molecule has 0 saturated carbocycles. The number of nitrogens with one attached hydrogen (secondary N) is 1. The molecular formula is C20H15F3N2O5. The zero-order valence-electron chi connectivity index (χ0n) is 15.4. The van der Waals surface area contributed by atoms with Gasteiger partial charge >= 0.3 is 6.18 Å². The van der Waals surface area contributed by atoms with Crippen molar-refractivity contribution in [3.63, 3.8) is 0 Å². The number of hydrogen-bond acceptors (Lipinski definition) is 6. The first kappa shape index (κ1) is 19.8. The number of benzene rings is 2. The number of ether oxygens (including phenoxy) is 3. The van der Waals surface area contributed by atoms with Crippen molar-refractivity contribution in [2.24, 2.45) is 0 Å². The second kappa shape index (κ2) is 8.07. The van der Waals surface area contributed by atoms with E-state index < -0.39 is 24.3 Å². The number of nitrogens with zero attached hydrogens (tertiary/aromatic N) is 1. The summed E-state index contributed by atoms with van der Waals surface area (Å²) in [7, 11) is 0. The Bertz CT molecular complexity index is 1060. The van der Waals surface area contributed by atoms with Crippen LogP contribution in [0, 0.1) is 0 Å². The summed E-state index contributed by atoms with van der Waals surface area (Å²) >= 11 is 0. The van der Waals surface area contributed by atoms with Crippen LogP contribution < -0.4 is 14.8 Å². The average Bonchev–Trinajstić information content (AvgIpc) is 3.36. The van der Waals surface area contributed by atoms with Crippen LogP contribution in [0.15, 0.2) is 53.1 Å². The minimum absolute atomic E-state index is 0.0532. The van der Waals surface area contributed by atoms with Gasteiger partial charge in [0, 0.05) is 11.6 Å². The highest BCUT2D eigenvalue weighted by Crippen LogP contribution is 2.36. The maximum atomic E-state index is 13.0. The van der Waals surface area contributed by atoms with Crippen LogP contribution in [-0.4, -0.2) is 24.5 Å². The SMILES string of the molecule is O=C(COCc1cc(-c2ccc3c(c2)OCO3)on1)Nc1ccccc1C(F)(F)F. The molecule has 0 bridgehead atoms. The molecule has 1 aromatic heterocycles. The van der Waals surface area contributed by atoms with Gasteiger partial charge in [-0.25, -0.2) is 0 Å². The molecule has 1 amide bonds. The number of rotatable bonds is 6. The van der Waals surface area contributed by atoms with E-state index in [1.807, 2.05) is 0 Å². The number of amides is 1. The highest BCUT2D eigenvalue weighted by atomic mass is 19.4. The van der Waals surface area contributed by atoms with Crippen molar-refractivity contribution in [2.75, 3.05) is 18.7 Å². The van der Waals surface area contributed by atoms with E-state index in [2.05, 4.69) is 10.5 Å². The fraction of sp³-hybridized carbons (Fsp3) is 0.200. The first-order chi connectivity index (χ1) is 14.4. The van der Waals surface area contributed by atoms with Crippen LogP contribution >= 0.6 is 0 Å². The van der Waals surface area contributed by atoms with Gasteiger partial charge in [0.15, 0.2) is 17.3 Å². The van der Waals surface area contributed by atoms with E-state index in [-0.39, 0.29) is 19.1 Å². The van der Waals surface area contributed by atoms with E-state index in [1.165, 1.54) is 18.2 Å². The number of anilines is 1. The Morgan fingerprint density at radius 2 is 1.90 bits per heavy atom. The van der Waals surface area contributed by atoms with Gasteiger partial charge in [0.2, 0.25) is 12.7 Å². The smallest absolute Gasteiger partial charge is 0.418 e. The van der Waals surface area contributed by atoms with Gasteiger partial charge in [-0.05, 0) is 30.3 Å². The molecule has 1 N–H and O–H groups in total. The van der Waals surface area contributed by atoms with Gasteiger partial charge in [0.1, 0.15) is 12.3 Å². The van der Waals surface area contributed by atoms with E-state index in [9.17, 15) is 18.0 Å². The van der Waals surface area contributed by atoms with Crippen LogP contribution in [0.4, 0.5) is 18.9 Å². The lowest BCUT2D eigenvalue weighted by atomic mass is 10.1. The summed E-state index contributed by atoms with van der Waals surface area (Å²) in [6.45, 7) is -0.343. The predicted octanol–water partition coefficient (Wildman–Crippen LogP) is 4.24. The summed E-state index contributed by atoms with van der Waals surface area (Å²) in [4.78, 5) is 11.9. The molecule has 0 unspecified atom stereocenters. The van der Waals surface area contributed by atoms with Crippen molar-refractivity contribution in [1.82, 2.24) is 5.16 Å². The molecule has 0 fully saturated rings. The third-order valence-electron chi connectivity index (χ3n) is 4.21. The maximum Gasteiger partial charge on any atom is 0.418 e. The van der Waals surface area contributed by atoms with Crippen molar-refractivity contribution in [2.45, 2.75) is 12.8 Å². The quantitative estimate of drug-likeness (QED) is 0.642. The third kappa shape index (κ3) is 4.38. The number of halogens is 3. The second-order valence-corrected chi connectivity index (χ2v) is 6.33. The topological polar surface area (TPSA) is 82.8 Å². The Hall–Kier alpha value is -3.53. The zero-order chi connectivity index (χ0) is 21.1. The van der Waals surface area contributed by atoms with Gasteiger partial charge in [-0.1, -0.05) is 17.3 Å². The molecular weight excluding hydrogens is 405 g/mol. The average molecular weight is 420 g/mol. The van der Waals surface area contributed by atoms with Crippen molar-refractivity contribution < 1.29 is 36.7 Å². The molecule has 1 aliphatic rings. The standard InChI is InChI=1S/C20H15F3N2O5/c21-20(22,23)14-3-1-2-4-15(14)24-19(26)10-27-9-13-8-17(30-25-13)12-5-6-16-18(7-12)29-11-28-16/h1-8H,9-11H2,(H,24,26). The summed E-state index contributed by atoms with van der Waals surface area (Å²) in [6, 6.07) is 11.6. The van der Waals surface area contributed by atoms with Gasteiger partial charge < -0.3 is 24.1 Å². The van der Waals surface area contributed by atoms with E-state index in [4.69, 9.17) is 18.7 Å². The molecule has 0 radical (unpaired) electrons. The van der Waals surface area contributed by atoms with Gasteiger partial charge in [-0.2, -0.15) is 13.2 Å². The molecule has 0 spiro atoms. The molecule has 156 valence electrons. The summed E-state index contributed by atoms with van der Waals surface area (Å²) in [5.41, 5.74) is -0.112. The lowest BCUT2D eigenvalue weighted by molar-refractivity contribution is -0.137. The Kier molecular flexibility index (Phi) is 5.32. The van der Waals surface area contributed by atoms with Gasteiger partial charge in [-0.3, -0.25) is 4.79 Å². The Labute approximate surface area is 168 Å². The number of para-hydroxylation sites is 1. The number of fused-ring (bicyclic) bond motifs is 1. The molecule has 0 aliphatic carbocycles. The fourth-order valence-corrected chi connectivity index (χ4v) is 2.84. The number of carbonyl (C=O) groups is 1. The second-order valence-electron chi connectivity index (χ2n) is 6.33. The minimum atomic E-state index is -4.57. The van der Waals surface area contributed by atoms with Gasteiger partial charge in [0.25, 0.3) is 0 Å². The van der Waals surface area contributed by atoms with Crippen LogP contribution in [-0.2, 0) is 22.3 Å². The van der Waals surface area contributed by atoms with Gasteiger partial charge in [0.05, 0.1) is 17.9 Å². The summed E-state index contributed by atoms with van der Waals surface area (Å²) in [5, 5.41) is 6.07. The molecule has 2 aromatic carbocycles. The first-order valence-electron chi connectivity index (χ1n) is 8.79. The largest absolute Gasteiger partial charge is 0.454 e. The fourth-order valence-electron chi connectivity index (χ4n) is 2.84. The highest BCUT2D eigenvalue weighted by Gasteiger charge is 2.33. The lowest BCUT2D eigenvalue weighted by Crippen LogP contribution is -2.20. The van der Waals surface area contributed by atoms with E-state index in [1.54, 1.807) is 24.3 Å². The molecule has 0 atom stereocenters. The molecule has 4 rings (SSSR count). The van der Waals surface area contributed by atoms with Crippen LogP contribution in [0.1, 0.15) is 11.3 Å². The molecule has 30 heavy (non-hydrogen) atoms. The Balaban J connectivity index is 1.32. The third-order valence-corrected chi connectivity index (χ3v) is 4.21. The Morgan fingerprint density at radius 3 is 2.73 bits per heavy atom. The summed E-state index contributed by atoms with van der Waals surface area (Å²) in [5.74, 6) is 0.985. The molecule has 0 saturated heterocycles. The van der Waals surface area contributed by atoms with Crippen LogP contribution in [0.3, 0.4) is 0 Å². The lowest BCUT2D eigenvalue weighted by Gasteiger charge is -2.13. The number of aromatic nitrogens is 1. The highest BCUT2D eigenvalue weighted by molar-refractivity contribution is 5.92. The number of hydrogen-bond donors (Lipinski definition) is 1. The van der Waals surface area contributed by atoms with E-state index >= 15 is 0 Å². The van der Waals surface area contributed by atoms with Crippen LogP contribution in [0.2, 0.25) is 0 Å². The molecule has 10 heteroatoms. The molecule has 7 nitrogen and oxygen atoms in total. The van der Waals surface area contributed by atoms with Crippen LogP contribution in [0.25, 0.3) is 11.3 Å². The molecule has 1 aliphatic heterocycles. The Morgan fingerprint density at radius 1 is 1.10 bits per heavy atom. The minimum Gasteiger partial charge on any atom is -0.454 e. The normalized spacial score (nSPS) is 12.8. The van der Waals surface area contributed by atoms with Crippen molar-refractivity contribution in [1.29, 1.82) is 0 Å². The molecule has 2 heterocycles. The number of carbonyl (C=O) groups excluding carboxylic acids is 1. The van der Waals surface area contributed by atoms with E-state index in [0.717, 1.165) is 11.6 Å². The van der Waals surface area contributed by atoms with Crippen molar-refractivity contribution in [3.8, 4) is 22.8 Å². The number of alkyl halides is 3. The van der Waals surface area contributed by atoms with Crippen LogP contribution in [0.5, 0.6) is 11.5 Å². The first-order valence-corrected chi connectivity index (χ1v) is 8.79. The van der Waals surface area contributed by atoms with Crippen molar-refractivity contribution in [3.05, 3.63) is 59.8 Å². The van der Waals surface area contributed by atoms with Crippen molar-refractivity contribution >= 4 is 11.6 Å². The maximum absolute atomic E-state index is 13.0. The summed E-state index contributed by atoms with van der Waals surface area (Å²) in [6.07, 6.45) is -4.57. The monoisotopic (exact) mass is 420 g/mol. The van der Waals surface area contributed by atoms with Gasteiger partial charge in [-0.15, -0.1) is 0 Å². The zero-order valence-corrected chi connectivity index (χ0v) is 15.4. The summed E-state index contributed by atoms with van der Waals surface area (Å²) < 4.78 is 60.0. The predicted molar refractivity (Wildman–Crippen MR) is 97.8 cm³/mol. The molecule has 3 aromatic rings.